The number of phenolic OH excluding ortho intramolecular Hbond substituents is 1. The number of aromatic hydroxyl groups is 1. The summed E-state index contributed by atoms with van der Waals surface area (Å²) < 4.78 is 10.8. The number of hydrogen-bond acceptors (Lipinski definition) is 6. The number of nitrogens with one attached hydrogen (secondary N) is 1. The molecule has 162 valence electrons. The first-order chi connectivity index (χ1) is 14.0. The molecule has 2 rings (SSSR count). The fourth-order valence-corrected chi connectivity index (χ4v) is 3.08. The van der Waals surface area contributed by atoms with Crippen molar-refractivity contribution in [3.63, 3.8) is 0 Å². The lowest BCUT2D eigenvalue weighted by Crippen LogP contribution is -2.24. The molecule has 0 heterocycles. The molecule has 0 fully saturated rings. The van der Waals surface area contributed by atoms with Gasteiger partial charge in [0, 0.05) is 35.3 Å². The van der Waals surface area contributed by atoms with Crippen molar-refractivity contribution >= 4 is 40.8 Å². The first kappa shape index (κ1) is 23.8. The van der Waals surface area contributed by atoms with Crippen LogP contribution in [0.5, 0.6) is 11.5 Å². The Bertz CT molecular complexity index is 938. The van der Waals surface area contributed by atoms with Gasteiger partial charge in [0.05, 0.1) is 5.02 Å². The van der Waals surface area contributed by atoms with Crippen LogP contribution >= 0.6 is 23.2 Å². The van der Waals surface area contributed by atoms with Gasteiger partial charge in [0.15, 0.2) is 0 Å². The Hall–Kier alpha value is -2.44. The van der Waals surface area contributed by atoms with Crippen LogP contribution in [0.2, 0.25) is 10.0 Å². The summed E-state index contributed by atoms with van der Waals surface area (Å²) in [5.41, 5.74) is 0.515. The molecule has 0 aliphatic heterocycles. The molecule has 0 aliphatic carbocycles. The fraction of sp³-hybridized carbons (Fsp3) is 0.364. The van der Waals surface area contributed by atoms with Crippen LogP contribution in [0.15, 0.2) is 30.3 Å². The lowest BCUT2D eigenvalue weighted by Gasteiger charge is -2.20. The number of anilines is 1. The Balaban J connectivity index is 2.29. The van der Waals surface area contributed by atoms with E-state index in [0.29, 0.717) is 22.7 Å². The summed E-state index contributed by atoms with van der Waals surface area (Å²) in [6, 6.07) is 7.75. The molecule has 30 heavy (non-hydrogen) atoms. The monoisotopic (exact) mass is 453 g/mol. The molecule has 2 aromatic carbocycles. The zero-order valence-corrected chi connectivity index (χ0v) is 18.9. The van der Waals surface area contributed by atoms with Gasteiger partial charge in [0.2, 0.25) is 0 Å². The summed E-state index contributed by atoms with van der Waals surface area (Å²) in [6.07, 6.45) is 0.841. The zero-order valence-electron chi connectivity index (χ0n) is 17.3. The molecule has 2 aromatic rings. The number of halogens is 2. The largest absolute Gasteiger partial charge is 0.506 e. The number of benzene rings is 2. The van der Waals surface area contributed by atoms with Crippen LogP contribution in [0.4, 0.5) is 5.69 Å². The van der Waals surface area contributed by atoms with Gasteiger partial charge in [-0.3, -0.25) is 4.79 Å². The van der Waals surface area contributed by atoms with E-state index in [-0.39, 0.29) is 35.1 Å². The molecule has 0 spiro atoms. The molecular formula is C22H25Cl2NO5. The van der Waals surface area contributed by atoms with Gasteiger partial charge in [-0.15, -0.1) is 0 Å². The maximum atomic E-state index is 12.5. The van der Waals surface area contributed by atoms with Gasteiger partial charge in [0.1, 0.15) is 22.7 Å². The minimum atomic E-state index is -0.692. The molecule has 2 N–H and O–H groups in total. The Kier molecular flexibility index (Phi) is 7.98. The van der Waals surface area contributed by atoms with Gasteiger partial charge in [-0.05, 0) is 51.5 Å². The Morgan fingerprint density at radius 2 is 1.83 bits per heavy atom. The van der Waals surface area contributed by atoms with E-state index in [4.69, 9.17) is 32.7 Å². The van der Waals surface area contributed by atoms with Crippen LogP contribution in [-0.2, 0) is 16.1 Å². The average molecular weight is 454 g/mol. The molecule has 8 heteroatoms. The molecule has 0 radical (unpaired) electrons. The molecular weight excluding hydrogens is 429 g/mol. The van der Waals surface area contributed by atoms with E-state index in [1.807, 2.05) is 6.92 Å². The molecule has 0 atom stereocenters. The van der Waals surface area contributed by atoms with Crippen LogP contribution in [0, 0.1) is 0 Å². The van der Waals surface area contributed by atoms with Crippen molar-refractivity contribution in [3.8, 4) is 11.5 Å². The van der Waals surface area contributed by atoms with Crippen LogP contribution in [-0.4, -0.2) is 22.6 Å². The van der Waals surface area contributed by atoms with E-state index < -0.39 is 17.5 Å². The smallest absolute Gasteiger partial charge is 0.342 e. The van der Waals surface area contributed by atoms with Crippen molar-refractivity contribution in [3.05, 3.63) is 51.5 Å². The highest BCUT2D eigenvalue weighted by Gasteiger charge is 2.22. The van der Waals surface area contributed by atoms with E-state index in [1.54, 1.807) is 32.9 Å². The Morgan fingerprint density at radius 3 is 2.47 bits per heavy atom. The second-order valence-corrected chi connectivity index (χ2v) is 8.53. The Morgan fingerprint density at radius 1 is 1.13 bits per heavy atom. The second kappa shape index (κ2) is 10.0. The number of carbonyl (C=O) groups excluding carboxylic acids is 2. The van der Waals surface area contributed by atoms with E-state index in [9.17, 15) is 14.7 Å². The van der Waals surface area contributed by atoms with Crippen molar-refractivity contribution < 1.29 is 24.2 Å². The minimum absolute atomic E-state index is 0.0754. The van der Waals surface area contributed by atoms with Gasteiger partial charge in [-0.2, -0.15) is 0 Å². The van der Waals surface area contributed by atoms with Gasteiger partial charge in [0.25, 0.3) is 0 Å². The predicted octanol–water partition coefficient (Wildman–Crippen LogP) is 5.97. The second-order valence-electron chi connectivity index (χ2n) is 7.69. The predicted molar refractivity (Wildman–Crippen MR) is 118 cm³/mol. The zero-order chi connectivity index (χ0) is 22.5. The normalized spacial score (nSPS) is 11.1. The van der Waals surface area contributed by atoms with Crippen LogP contribution in [0.25, 0.3) is 0 Å². The first-order valence-electron chi connectivity index (χ1n) is 9.49. The molecule has 0 unspecified atom stereocenters. The maximum Gasteiger partial charge on any atom is 0.342 e. The number of hydrogen-bond donors (Lipinski definition) is 2. The molecule has 0 aromatic heterocycles. The van der Waals surface area contributed by atoms with Crippen LogP contribution < -0.4 is 10.1 Å². The van der Waals surface area contributed by atoms with Crippen molar-refractivity contribution in [1.82, 2.24) is 0 Å². The van der Waals surface area contributed by atoms with Crippen molar-refractivity contribution in [2.75, 3.05) is 5.32 Å². The Labute approximate surface area is 186 Å². The third-order valence-electron chi connectivity index (χ3n) is 3.87. The van der Waals surface area contributed by atoms with Gasteiger partial charge < -0.3 is 19.9 Å². The fourth-order valence-electron chi connectivity index (χ4n) is 2.55. The minimum Gasteiger partial charge on any atom is -0.506 e. The lowest BCUT2D eigenvalue weighted by molar-refractivity contribution is -0.134. The molecule has 0 aliphatic rings. The molecule has 0 saturated carbocycles. The maximum absolute atomic E-state index is 12.5. The molecule has 0 saturated heterocycles. The van der Waals surface area contributed by atoms with E-state index in [1.165, 1.54) is 18.2 Å². The van der Waals surface area contributed by atoms with Crippen molar-refractivity contribution in [2.24, 2.45) is 0 Å². The number of ether oxygens (including phenoxy) is 2. The summed E-state index contributed by atoms with van der Waals surface area (Å²) in [4.78, 5) is 24.6. The summed E-state index contributed by atoms with van der Waals surface area (Å²) in [6.45, 7) is 7.33. The van der Waals surface area contributed by atoms with E-state index in [0.717, 1.165) is 0 Å². The third kappa shape index (κ3) is 6.82. The molecule has 0 amide bonds. The standard InChI is InChI=1S/C22H25Cl2NO5/c1-5-6-19(26)29-18-11-15(7-8-16(18)21(28)30-22(2,3)4)25-12-13-9-14(23)10-17(24)20(13)27/h7-11,25,27H,5-6,12H2,1-4H3. The number of phenols is 1. The van der Waals surface area contributed by atoms with Gasteiger partial charge >= 0.3 is 11.9 Å². The summed E-state index contributed by atoms with van der Waals surface area (Å²) in [5, 5.41) is 13.7. The van der Waals surface area contributed by atoms with E-state index in [2.05, 4.69) is 5.32 Å². The highest BCUT2D eigenvalue weighted by atomic mass is 35.5. The van der Waals surface area contributed by atoms with Crippen molar-refractivity contribution in [1.29, 1.82) is 0 Å². The number of rotatable bonds is 7. The van der Waals surface area contributed by atoms with Crippen molar-refractivity contribution in [2.45, 2.75) is 52.7 Å². The van der Waals surface area contributed by atoms with Gasteiger partial charge in [-0.1, -0.05) is 30.1 Å². The number of esters is 2. The third-order valence-corrected chi connectivity index (χ3v) is 4.37. The van der Waals surface area contributed by atoms with E-state index >= 15 is 0 Å². The quantitative estimate of drug-likeness (QED) is 0.396. The summed E-state index contributed by atoms with van der Waals surface area (Å²) in [5.74, 6) is -1.01. The topological polar surface area (TPSA) is 84.9 Å². The average Bonchev–Trinajstić information content (AvgIpc) is 2.62. The first-order valence-corrected chi connectivity index (χ1v) is 10.2. The lowest BCUT2D eigenvalue weighted by atomic mass is 10.1. The summed E-state index contributed by atoms with van der Waals surface area (Å²) >= 11 is 11.9. The SMILES string of the molecule is CCCC(=O)Oc1cc(NCc2cc(Cl)cc(Cl)c2O)ccc1C(=O)OC(C)(C)C. The highest BCUT2D eigenvalue weighted by Crippen LogP contribution is 2.32. The molecule has 6 nitrogen and oxygen atoms in total. The molecule has 0 bridgehead atoms. The van der Waals surface area contributed by atoms with Gasteiger partial charge in [-0.25, -0.2) is 4.79 Å². The number of carbonyl (C=O) groups is 2. The highest BCUT2D eigenvalue weighted by molar-refractivity contribution is 6.35. The summed E-state index contributed by atoms with van der Waals surface area (Å²) in [7, 11) is 0. The van der Waals surface area contributed by atoms with Crippen LogP contribution in [0.1, 0.15) is 56.5 Å². The van der Waals surface area contributed by atoms with Crippen LogP contribution in [0.3, 0.4) is 0 Å².